The van der Waals surface area contributed by atoms with Crippen molar-refractivity contribution in [2.24, 2.45) is 0 Å². The lowest BCUT2D eigenvalue weighted by molar-refractivity contribution is -0.138. The summed E-state index contributed by atoms with van der Waals surface area (Å²) in [5, 5.41) is 2.81. The molecule has 7 heteroatoms. The fourth-order valence-electron chi connectivity index (χ4n) is 3.16. The van der Waals surface area contributed by atoms with Gasteiger partial charge in [0.1, 0.15) is 12.4 Å². The summed E-state index contributed by atoms with van der Waals surface area (Å²) >= 11 is 0. The van der Waals surface area contributed by atoms with Crippen LogP contribution in [-0.2, 0) is 16.1 Å². The quantitative estimate of drug-likeness (QED) is 0.674. The lowest BCUT2D eigenvalue weighted by Crippen LogP contribution is -2.40. The highest BCUT2D eigenvalue weighted by Crippen LogP contribution is 2.26. The van der Waals surface area contributed by atoms with Crippen LogP contribution in [0.2, 0.25) is 0 Å². The van der Waals surface area contributed by atoms with Crippen molar-refractivity contribution >= 4 is 23.2 Å². The van der Waals surface area contributed by atoms with Gasteiger partial charge in [-0.2, -0.15) is 0 Å². The van der Waals surface area contributed by atoms with Crippen molar-refractivity contribution in [1.82, 2.24) is 4.90 Å². The number of nitrogens with one attached hydrogen (secondary N) is 1. The first kappa shape index (κ1) is 23.3. The van der Waals surface area contributed by atoms with Crippen molar-refractivity contribution in [3.05, 3.63) is 59.4 Å². The first-order valence-corrected chi connectivity index (χ1v) is 9.92. The van der Waals surface area contributed by atoms with Crippen LogP contribution in [0.5, 0.6) is 0 Å². The minimum Gasteiger partial charge on any atom is -0.377 e. The zero-order chi connectivity index (χ0) is 22.3. The number of carbonyl (C=O) groups excluding carboxylic acids is 2. The Kier molecular flexibility index (Phi) is 8.35. The van der Waals surface area contributed by atoms with Crippen LogP contribution in [0, 0.1) is 5.82 Å². The Labute approximate surface area is 177 Å². The molecule has 0 aliphatic heterocycles. The highest BCUT2D eigenvalue weighted by molar-refractivity contribution is 6.04. The summed E-state index contributed by atoms with van der Waals surface area (Å²) in [6, 6.07) is 11.1. The molecule has 1 unspecified atom stereocenters. The maximum Gasteiger partial charge on any atom is 0.255 e. The van der Waals surface area contributed by atoms with Gasteiger partial charge in [0.2, 0.25) is 5.91 Å². The lowest BCUT2D eigenvalue weighted by atomic mass is 10.1. The van der Waals surface area contributed by atoms with E-state index < -0.39 is 11.7 Å². The molecule has 30 heavy (non-hydrogen) atoms. The van der Waals surface area contributed by atoms with E-state index in [1.807, 2.05) is 45.0 Å². The van der Waals surface area contributed by atoms with Gasteiger partial charge in [-0.3, -0.25) is 9.59 Å². The monoisotopic (exact) mass is 415 g/mol. The highest BCUT2D eigenvalue weighted by atomic mass is 19.1. The normalized spacial score (nSPS) is 11.7. The van der Waals surface area contributed by atoms with Crippen LogP contribution in [0.4, 0.5) is 15.8 Å². The molecule has 0 saturated carbocycles. The topological polar surface area (TPSA) is 61.9 Å². The zero-order valence-corrected chi connectivity index (χ0v) is 18.2. The van der Waals surface area contributed by atoms with Gasteiger partial charge in [0.25, 0.3) is 5.91 Å². The Bertz CT molecular complexity index is 886. The molecule has 0 fully saturated rings. The first-order chi connectivity index (χ1) is 14.3. The van der Waals surface area contributed by atoms with Crippen molar-refractivity contribution in [1.29, 1.82) is 0 Å². The molecule has 0 radical (unpaired) electrons. The molecule has 0 aliphatic rings. The number of benzene rings is 2. The second-order valence-corrected chi connectivity index (χ2v) is 7.41. The van der Waals surface area contributed by atoms with Gasteiger partial charge in [-0.15, -0.1) is 0 Å². The van der Waals surface area contributed by atoms with E-state index in [9.17, 15) is 14.0 Å². The number of nitrogens with zero attached hydrogens (tertiary/aromatic N) is 2. The average Bonchev–Trinajstić information content (AvgIpc) is 2.71. The van der Waals surface area contributed by atoms with Gasteiger partial charge in [-0.25, -0.2) is 4.39 Å². The van der Waals surface area contributed by atoms with Crippen molar-refractivity contribution in [3.8, 4) is 0 Å². The predicted octanol–water partition coefficient (Wildman–Crippen LogP) is 3.92. The van der Waals surface area contributed by atoms with E-state index in [0.717, 1.165) is 17.7 Å². The lowest BCUT2D eigenvalue weighted by Gasteiger charge is -2.30. The standard InChI is InChI=1S/C23H30FN3O3/c1-6-16(2)27(22(28)15-30-5)14-18-13-20(10-11-21(18)26(3)4)25-23(29)17-8-7-9-19(24)12-17/h7-13,16H,6,14-15H2,1-5H3,(H,25,29). The molecule has 1 atom stereocenters. The molecule has 6 nitrogen and oxygen atoms in total. The van der Waals surface area contributed by atoms with Crippen LogP contribution < -0.4 is 10.2 Å². The Hall–Kier alpha value is -2.93. The Morgan fingerprint density at radius 1 is 1.17 bits per heavy atom. The molecule has 0 aliphatic carbocycles. The molecule has 1 N–H and O–H groups in total. The van der Waals surface area contributed by atoms with E-state index in [4.69, 9.17) is 4.74 Å². The number of ether oxygens (including phenoxy) is 1. The summed E-state index contributed by atoms with van der Waals surface area (Å²) in [6.07, 6.45) is 0.808. The summed E-state index contributed by atoms with van der Waals surface area (Å²) in [4.78, 5) is 28.8. The molecule has 162 valence electrons. The van der Waals surface area contributed by atoms with E-state index in [2.05, 4.69) is 5.32 Å². The second-order valence-electron chi connectivity index (χ2n) is 7.41. The number of carbonyl (C=O) groups is 2. The van der Waals surface area contributed by atoms with Crippen molar-refractivity contribution in [2.75, 3.05) is 38.0 Å². The van der Waals surface area contributed by atoms with Crippen molar-refractivity contribution in [3.63, 3.8) is 0 Å². The molecule has 0 bridgehead atoms. The summed E-state index contributed by atoms with van der Waals surface area (Å²) in [5.74, 6) is -0.954. The van der Waals surface area contributed by atoms with Gasteiger partial charge < -0.3 is 19.9 Å². The number of halogens is 1. The van der Waals surface area contributed by atoms with Gasteiger partial charge in [0, 0.05) is 50.7 Å². The maximum absolute atomic E-state index is 13.4. The van der Waals surface area contributed by atoms with E-state index in [1.54, 1.807) is 17.0 Å². The largest absolute Gasteiger partial charge is 0.377 e. The number of anilines is 2. The SMILES string of the molecule is CCC(C)N(Cc1cc(NC(=O)c2cccc(F)c2)ccc1N(C)C)C(=O)COC. The highest BCUT2D eigenvalue weighted by Gasteiger charge is 2.21. The molecule has 0 heterocycles. The van der Waals surface area contributed by atoms with Crippen molar-refractivity contribution in [2.45, 2.75) is 32.9 Å². The minimum absolute atomic E-state index is 0.0115. The Balaban J connectivity index is 2.32. The fourth-order valence-corrected chi connectivity index (χ4v) is 3.16. The third-order valence-corrected chi connectivity index (χ3v) is 4.96. The van der Waals surface area contributed by atoms with Crippen LogP contribution >= 0.6 is 0 Å². The van der Waals surface area contributed by atoms with E-state index in [-0.39, 0.29) is 24.1 Å². The van der Waals surface area contributed by atoms with Crippen LogP contribution in [0.1, 0.15) is 36.2 Å². The fraction of sp³-hybridized carbons (Fsp3) is 0.391. The van der Waals surface area contributed by atoms with Crippen molar-refractivity contribution < 1.29 is 18.7 Å². The number of amides is 2. The zero-order valence-electron chi connectivity index (χ0n) is 18.2. The van der Waals surface area contributed by atoms with E-state index in [1.165, 1.54) is 25.3 Å². The Morgan fingerprint density at radius 3 is 2.50 bits per heavy atom. The molecular formula is C23H30FN3O3. The molecule has 2 rings (SSSR count). The number of hydrogen-bond donors (Lipinski definition) is 1. The third kappa shape index (κ3) is 6.03. The van der Waals surface area contributed by atoms with Gasteiger partial charge in [-0.1, -0.05) is 13.0 Å². The molecule has 0 spiro atoms. The Morgan fingerprint density at radius 2 is 1.90 bits per heavy atom. The summed E-state index contributed by atoms with van der Waals surface area (Å²) in [7, 11) is 5.35. The number of hydrogen-bond acceptors (Lipinski definition) is 4. The van der Waals surface area contributed by atoms with Crippen LogP contribution in [0.25, 0.3) is 0 Å². The molecule has 2 aromatic rings. The van der Waals surface area contributed by atoms with Gasteiger partial charge >= 0.3 is 0 Å². The third-order valence-electron chi connectivity index (χ3n) is 4.96. The maximum atomic E-state index is 13.4. The molecular weight excluding hydrogens is 385 g/mol. The first-order valence-electron chi connectivity index (χ1n) is 9.92. The number of methoxy groups -OCH3 is 1. The molecule has 2 aromatic carbocycles. The van der Waals surface area contributed by atoms with Gasteiger partial charge in [0.05, 0.1) is 0 Å². The predicted molar refractivity (Wildman–Crippen MR) is 117 cm³/mol. The average molecular weight is 416 g/mol. The minimum atomic E-state index is -0.466. The molecule has 0 saturated heterocycles. The smallest absolute Gasteiger partial charge is 0.255 e. The number of rotatable bonds is 9. The van der Waals surface area contributed by atoms with E-state index in [0.29, 0.717) is 12.2 Å². The van der Waals surface area contributed by atoms with Crippen LogP contribution in [0.3, 0.4) is 0 Å². The summed E-state index contributed by atoms with van der Waals surface area (Å²) < 4.78 is 18.5. The van der Waals surface area contributed by atoms with Crippen LogP contribution in [0.15, 0.2) is 42.5 Å². The second kappa shape index (κ2) is 10.7. The van der Waals surface area contributed by atoms with Gasteiger partial charge in [0.15, 0.2) is 0 Å². The molecule has 0 aromatic heterocycles. The molecule has 2 amide bonds. The summed E-state index contributed by atoms with van der Waals surface area (Å²) in [6.45, 7) is 4.42. The van der Waals surface area contributed by atoms with Gasteiger partial charge in [-0.05, 0) is 55.3 Å². The summed E-state index contributed by atoms with van der Waals surface area (Å²) in [5.41, 5.74) is 2.65. The van der Waals surface area contributed by atoms with Crippen LogP contribution in [-0.4, -0.2) is 50.6 Å². The van der Waals surface area contributed by atoms with E-state index >= 15 is 0 Å².